The topological polar surface area (TPSA) is 76.7 Å². The minimum absolute atomic E-state index is 0.170. The van der Waals surface area contributed by atoms with E-state index in [1.165, 1.54) is 10.1 Å². The van der Waals surface area contributed by atoms with E-state index in [-0.39, 0.29) is 5.69 Å². The molecule has 0 amide bonds. The molecule has 0 aliphatic heterocycles. The Morgan fingerprint density at radius 1 is 1.39 bits per heavy atom. The van der Waals surface area contributed by atoms with Crippen molar-refractivity contribution in [2.45, 2.75) is 18.0 Å². The number of nitrogens with zero attached hydrogens (tertiary/aromatic N) is 2. The molecule has 1 aromatic carbocycles. The molecule has 3 N–H and O–H groups in total. The van der Waals surface area contributed by atoms with Crippen molar-refractivity contribution in [3.05, 3.63) is 40.3 Å². The Kier molecular flexibility index (Phi) is 4.09. The number of thioether (sulfide) groups is 1. The molecular weight excluding hydrogens is 248 g/mol. The predicted octanol–water partition coefficient (Wildman–Crippen LogP) is 1.42. The van der Waals surface area contributed by atoms with E-state index in [4.69, 9.17) is 5.73 Å². The van der Waals surface area contributed by atoms with Crippen molar-refractivity contribution < 1.29 is 0 Å². The van der Waals surface area contributed by atoms with E-state index in [2.05, 4.69) is 10.2 Å². The number of anilines is 1. The maximum atomic E-state index is 11.1. The van der Waals surface area contributed by atoms with E-state index in [1.807, 2.05) is 24.3 Å². The third-order valence-corrected chi connectivity index (χ3v) is 3.78. The van der Waals surface area contributed by atoms with Crippen LogP contribution in [0.3, 0.4) is 0 Å². The quantitative estimate of drug-likeness (QED) is 0.486. The number of benzene rings is 1. The molecule has 0 aliphatic rings. The van der Waals surface area contributed by atoms with Crippen LogP contribution in [0.25, 0.3) is 0 Å². The zero-order valence-electron chi connectivity index (χ0n) is 10.2. The van der Waals surface area contributed by atoms with Crippen molar-refractivity contribution in [2.75, 3.05) is 11.5 Å². The normalized spacial score (nSPS) is 10.7. The smallest absolute Gasteiger partial charge is 0.343 e. The number of H-pyrrole nitrogens is 1. The number of rotatable bonds is 5. The van der Waals surface area contributed by atoms with Crippen LogP contribution in [-0.4, -0.2) is 20.5 Å². The van der Waals surface area contributed by atoms with Crippen molar-refractivity contribution in [3.63, 3.8) is 0 Å². The van der Waals surface area contributed by atoms with Crippen molar-refractivity contribution in [2.24, 2.45) is 7.05 Å². The Bertz CT molecular complexity index is 558. The van der Waals surface area contributed by atoms with Gasteiger partial charge in [0.1, 0.15) is 0 Å². The van der Waals surface area contributed by atoms with Crippen molar-refractivity contribution in [3.8, 4) is 0 Å². The Labute approximate surface area is 109 Å². The molecule has 1 aromatic heterocycles. The van der Waals surface area contributed by atoms with Gasteiger partial charge in [-0.3, -0.25) is 4.57 Å². The van der Waals surface area contributed by atoms with Crippen LogP contribution in [0.4, 0.5) is 5.69 Å². The van der Waals surface area contributed by atoms with Gasteiger partial charge in [-0.25, -0.2) is 9.89 Å². The van der Waals surface area contributed by atoms with Gasteiger partial charge in [-0.05, 0) is 30.5 Å². The zero-order chi connectivity index (χ0) is 13.0. The third-order valence-electron chi connectivity index (χ3n) is 2.66. The lowest BCUT2D eigenvalue weighted by molar-refractivity contribution is 0.764. The van der Waals surface area contributed by atoms with Gasteiger partial charge in [0.15, 0.2) is 5.16 Å². The van der Waals surface area contributed by atoms with Crippen LogP contribution in [0, 0.1) is 0 Å². The second kappa shape index (κ2) is 5.77. The lowest BCUT2D eigenvalue weighted by atomic mass is 10.1. The summed E-state index contributed by atoms with van der Waals surface area (Å²) in [5.41, 5.74) is 7.53. The highest BCUT2D eigenvalue weighted by molar-refractivity contribution is 7.99. The lowest BCUT2D eigenvalue weighted by Crippen LogP contribution is -2.12. The lowest BCUT2D eigenvalue weighted by Gasteiger charge is -2.02. The summed E-state index contributed by atoms with van der Waals surface area (Å²) >= 11 is 1.59. The van der Waals surface area contributed by atoms with Gasteiger partial charge in [-0.2, -0.15) is 0 Å². The standard InChI is InChI=1S/C12H16N4OS/c1-16-11(17)14-15-12(16)18-8-2-3-9-4-6-10(13)7-5-9/h4-7H,2-3,8,13H2,1H3,(H,14,17). The summed E-state index contributed by atoms with van der Waals surface area (Å²) in [6, 6.07) is 7.92. The summed E-state index contributed by atoms with van der Waals surface area (Å²) in [5.74, 6) is 0.933. The van der Waals surface area contributed by atoms with E-state index in [9.17, 15) is 4.79 Å². The van der Waals surface area contributed by atoms with Gasteiger partial charge in [0, 0.05) is 18.5 Å². The van der Waals surface area contributed by atoms with Gasteiger partial charge < -0.3 is 5.73 Å². The molecule has 0 fully saturated rings. The van der Waals surface area contributed by atoms with Gasteiger partial charge in [0.2, 0.25) is 0 Å². The molecule has 18 heavy (non-hydrogen) atoms. The monoisotopic (exact) mass is 264 g/mol. The number of aromatic nitrogens is 3. The summed E-state index contributed by atoms with van der Waals surface area (Å²) in [7, 11) is 1.72. The first-order chi connectivity index (χ1) is 8.66. The highest BCUT2D eigenvalue weighted by Gasteiger charge is 2.03. The molecule has 2 rings (SSSR count). The minimum atomic E-state index is -0.170. The summed E-state index contributed by atoms with van der Waals surface area (Å²) in [6.45, 7) is 0. The van der Waals surface area contributed by atoms with Crippen molar-refractivity contribution in [1.82, 2.24) is 14.8 Å². The fraction of sp³-hybridized carbons (Fsp3) is 0.333. The Balaban J connectivity index is 1.78. The molecule has 5 nitrogen and oxygen atoms in total. The molecule has 1 heterocycles. The van der Waals surface area contributed by atoms with E-state index in [0.717, 1.165) is 29.4 Å². The molecule has 0 radical (unpaired) electrons. The van der Waals surface area contributed by atoms with Crippen LogP contribution in [-0.2, 0) is 13.5 Å². The van der Waals surface area contributed by atoms with Gasteiger partial charge in [-0.1, -0.05) is 23.9 Å². The first kappa shape index (κ1) is 12.8. The van der Waals surface area contributed by atoms with Gasteiger partial charge in [-0.15, -0.1) is 5.10 Å². The Morgan fingerprint density at radius 3 is 2.72 bits per heavy atom. The fourth-order valence-electron chi connectivity index (χ4n) is 1.59. The first-order valence-corrected chi connectivity index (χ1v) is 6.74. The first-order valence-electron chi connectivity index (χ1n) is 5.75. The molecule has 0 bridgehead atoms. The highest BCUT2D eigenvalue weighted by Crippen LogP contribution is 2.15. The highest BCUT2D eigenvalue weighted by atomic mass is 32.2. The molecular formula is C12H16N4OS. The molecule has 0 spiro atoms. The number of nitrogens with two attached hydrogens (primary N) is 1. The summed E-state index contributed by atoms with van der Waals surface area (Å²) in [5, 5.41) is 7.10. The second-order valence-corrected chi connectivity index (χ2v) is 5.13. The van der Waals surface area contributed by atoms with E-state index >= 15 is 0 Å². The zero-order valence-corrected chi connectivity index (χ0v) is 11.0. The molecule has 2 aromatic rings. The van der Waals surface area contributed by atoms with Crippen molar-refractivity contribution >= 4 is 17.4 Å². The molecule has 0 unspecified atom stereocenters. The van der Waals surface area contributed by atoms with E-state index in [1.54, 1.807) is 18.8 Å². The van der Waals surface area contributed by atoms with Crippen LogP contribution in [0.5, 0.6) is 0 Å². The van der Waals surface area contributed by atoms with E-state index < -0.39 is 0 Å². The van der Waals surface area contributed by atoms with Gasteiger partial charge in [0.05, 0.1) is 0 Å². The van der Waals surface area contributed by atoms with Crippen molar-refractivity contribution in [1.29, 1.82) is 0 Å². The average Bonchev–Trinajstić information content (AvgIpc) is 2.68. The largest absolute Gasteiger partial charge is 0.399 e. The fourth-order valence-corrected chi connectivity index (χ4v) is 2.44. The summed E-state index contributed by atoms with van der Waals surface area (Å²) in [4.78, 5) is 11.1. The number of hydrogen-bond donors (Lipinski definition) is 2. The summed E-state index contributed by atoms with van der Waals surface area (Å²) in [6.07, 6.45) is 2.04. The number of hydrogen-bond acceptors (Lipinski definition) is 4. The van der Waals surface area contributed by atoms with Gasteiger partial charge in [0.25, 0.3) is 0 Å². The molecule has 6 heteroatoms. The number of nitrogen functional groups attached to an aromatic ring is 1. The maximum absolute atomic E-state index is 11.1. The Hall–Kier alpha value is -1.69. The Morgan fingerprint density at radius 2 is 2.11 bits per heavy atom. The molecule has 0 saturated heterocycles. The van der Waals surface area contributed by atoms with Crippen LogP contribution in [0.1, 0.15) is 12.0 Å². The summed E-state index contributed by atoms with van der Waals surface area (Å²) < 4.78 is 1.52. The third kappa shape index (κ3) is 3.16. The van der Waals surface area contributed by atoms with Gasteiger partial charge >= 0.3 is 5.69 Å². The van der Waals surface area contributed by atoms with Crippen LogP contribution in [0.2, 0.25) is 0 Å². The van der Waals surface area contributed by atoms with E-state index in [0.29, 0.717) is 0 Å². The number of nitrogens with one attached hydrogen (secondary N) is 1. The van der Waals surface area contributed by atoms with Crippen LogP contribution >= 0.6 is 11.8 Å². The van der Waals surface area contributed by atoms with Crippen LogP contribution in [0.15, 0.2) is 34.2 Å². The van der Waals surface area contributed by atoms with Crippen LogP contribution < -0.4 is 11.4 Å². The minimum Gasteiger partial charge on any atom is -0.399 e. The molecule has 0 aliphatic carbocycles. The number of aromatic amines is 1. The second-order valence-electron chi connectivity index (χ2n) is 4.06. The SMILES string of the molecule is Cn1c(SCCCc2ccc(N)cc2)n[nH]c1=O. The predicted molar refractivity (Wildman–Crippen MR) is 73.7 cm³/mol. The molecule has 0 saturated carbocycles. The maximum Gasteiger partial charge on any atom is 0.343 e. The number of aryl methyl sites for hydroxylation is 1. The average molecular weight is 264 g/mol. The molecule has 0 atom stereocenters. The molecule has 96 valence electrons.